The lowest BCUT2D eigenvalue weighted by Crippen LogP contribution is -2.14. The zero-order chi connectivity index (χ0) is 22.7. The van der Waals surface area contributed by atoms with Crippen LogP contribution in [0.5, 0.6) is 0 Å². The molecule has 10 heteroatoms. The highest BCUT2D eigenvalue weighted by molar-refractivity contribution is 6.04. The molecule has 0 saturated heterocycles. The Morgan fingerprint density at radius 1 is 1.00 bits per heavy atom. The van der Waals surface area contributed by atoms with E-state index in [0.717, 1.165) is 17.6 Å². The maximum atomic E-state index is 12.8. The third-order valence-electron chi connectivity index (χ3n) is 4.34. The van der Waals surface area contributed by atoms with E-state index in [4.69, 9.17) is 5.73 Å². The maximum absolute atomic E-state index is 12.8. The van der Waals surface area contributed by atoms with Crippen LogP contribution in [0.2, 0.25) is 0 Å². The van der Waals surface area contributed by atoms with E-state index in [2.05, 4.69) is 37.1 Å². The lowest BCUT2D eigenvalue weighted by molar-refractivity contribution is -0.137. The largest absolute Gasteiger partial charge is 0.417 e. The number of nitrogens with two attached hydrogens (primary N) is 1. The Morgan fingerprint density at radius 2 is 1.81 bits per heavy atom. The number of hydrogen-bond donors (Lipinski definition) is 2. The Kier molecular flexibility index (Phi) is 5.39. The number of hydrogen-bond acceptors (Lipinski definition) is 6. The molecule has 0 atom stereocenters. The van der Waals surface area contributed by atoms with Gasteiger partial charge in [-0.05, 0) is 24.3 Å². The molecule has 4 aromatic heterocycles. The molecule has 158 valence electrons. The van der Waals surface area contributed by atoms with Crippen LogP contribution in [0.3, 0.4) is 0 Å². The standard InChI is InChI=1S/C22H13F3N6O/c23-22(24,25)16-7-15(9-28-11-16)21(32)31-17-6-13(8-27-12-17)3-4-14-10-30-20(26)19-18(14)2-1-5-29-19/h1-2,5-12H,(H2,26,30)(H,31,32). The van der Waals surface area contributed by atoms with Gasteiger partial charge in [0.05, 0.1) is 28.6 Å². The molecule has 4 aromatic rings. The molecule has 1 amide bonds. The van der Waals surface area contributed by atoms with Crippen molar-refractivity contribution in [2.45, 2.75) is 6.18 Å². The topological polar surface area (TPSA) is 107 Å². The minimum absolute atomic E-state index is 0.233. The summed E-state index contributed by atoms with van der Waals surface area (Å²) in [4.78, 5) is 28.1. The second kappa shape index (κ2) is 8.31. The van der Waals surface area contributed by atoms with Gasteiger partial charge in [0.25, 0.3) is 5.91 Å². The van der Waals surface area contributed by atoms with Crippen LogP contribution in [0, 0.1) is 11.8 Å². The van der Waals surface area contributed by atoms with Gasteiger partial charge in [-0.3, -0.25) is 19.7 Å². The van der Waals surface area contributed by atoms with Gasteiger partial charge in [-0.25, -0.2) is 4.98 Å². The van der Waals surface area contributed by atoms with Crippen LogP contribution in [0.15, 0.2) is 61.4 Å². The summed E-state index contributed by atoms with van der Waals surface area (Å²) in [6.45, 7) is 0. The van der Waals surface area contributed by atoms with Crippen molar-refractivity contribution in [3.05, 3.63) is 83.7 Å². The monoisotopic (exact) mass is 434 g/mol. The highest BCUT2D eigenvalue weighted by Crippen LogP contribution is 2.29. The van der Waals surface area contributed by atoms with E-state index in [0.29, 0.717) is 28.7 Å². The summed E-state index contributed by atoms with van der Waals surface area (Å²) in [6.07, 6.45) is 3.08. The lowest BCUT2D eigenvalue weighted by atomic mass is 10.1. The molecule has 4 rings (SSSR count). The van der Waals surface area contributed by atoms with Crippen molar-refractivity contribution < 1.29 is 18.0 Å². The Hall–Kier alpha value is -4.52. The molecule has 0 unspecified atom stereocenters. The first-order valence-electron chi connectivity index (χ1n) is 9.11. The molecule has 0 aliphatic heterocycles. The van der Waals surface area contributed by atoms with Crippen molar-refractivity contribution >= 4 is 28.3 Å². The molecule has 3 N–H and O–H groups in total. The molecule has 0 radical (unpaired) electrons. The number of pyridine rings is 4. The lowest BCUT2D eigenvalue weighted by Gasteiger charge is -2.08. The number of fused-ring (bicyclic) bond motifs is 1. The quantitative estimate of drug-likeness (QED) is 0.466. The number of halogens is 3. The van der Waals surface area contributed by atoms with Crippen LogP contribution in [-0.2, 0) is 6.18 Å². The summed E-state index contributed by atoms with van der Waals surface area (Å²) in [6, 6.07) is 5.85. The number of nitrogen functional groups attached to an aromatic ring is 1. The van der Waals surface area contributed by atoms with Crippen LogP contribution in [0.1, 0.15) is 27.0 Å². The first kappa shape index (κ1) is 20.7. The third kappa shape index (κ3) is 4.46. The number of nitrogens with one attached hydrogen (secondary N) is 1. The van der Waals surface area contributed by atoms with Gasteiger partial charge in [-0.1, -0.05) is 11.8 Å². The van der Waals surface area contributed by atoms with Crippen LogP contribution in [0.25, 0.3) is 10.9 Å². The van der Waals surface area contributed by atoms with Crippen molar-refractivity contribution in [2.24, 2.45) is 0 Å². The molecule has 0 fully saturated rings. The van der Waals surface area contributed by atoms with Gasteiger partial charge in [0.1, 0.15) is 11.3 Å². The van der Waals surface area contributed by atoms with Crippen LogP contribution < -0.4 is 11.1 Å². The normalized spacial score (nSPS) is 11.0. The van der Waals surface area contributed by atoms with E-state index < -0.39 is 17.6 Å². The fourth-order valence-electron chi connectivity index (χ4n) is 2.83. The minimum atomic E-state index is -4.60. The number of rotatable bonds is 2. The molecular weight excluding hydrogens is 421 g/mol. The second-order valence-electron chi connectivity index (χ2n) is 6.58. The highest BCUT2D eigenvalue weighted by atomic mass is 19.4. The zero-order valence-corrected chi connectivity index (χ0v) is 16.2. The number of carbonyl (C=O) groups is 1. The molecule has 0 bridgehead atoms. The van der Waals surface area contributed by atoms with Crippen LogP contribution in [-0.4, -0.2) is 25.8 Å². The van der Waals surface area contributed by atoms with Crippen LogP contribution >= 0.6 is 0 Å². The molecule has 32 heavy (non-hydrogen) atoms. The molecule has 0 spiro atoms. The predicted molar refractivity (Wildman–Crippen MR) is 111 cm³/mol. The summed E-state index contributed by atoms with van der Waals surface area (Å²) in [5.41, 5.74) is 6.47. The minimum Gasteiger partial charge on any atom is -0.382 e. The molecular formula is C22H13F3N6O. The van der Waals surface area contributed by atoms with Gasteiger partial charge in [0.2, 0.25) is 0 Å². The van der Waals surface area contributed by atoms with E-state index in [1.54, 1.807) is 18.3 Å². The number of carbonyl (C=O) groups excluding carboxylic acids is 1. The molecule has 0 aliphatic rings. The maximum Gasteiger partial charge on any atom is 0.417 e. The van der Waals surface area contributed by atoms with Gasteiger partial charge < -0.3 is 11.1 Å². The Balaban J connectivity index is 1.57. The highest BCUT2D eigenvalue weighted by Gasteiger charge is 2.31. The smallest absolute Gasteiger partial charge is 0.382 e. The molecule has 0 aliphatic carbocycles. The van der Waals surface area contributed by atoms with Gasteiger partial charge >= 0.3 is 6.18 Å². The van der Waals surface area contributed by atoms with Gasteiger partial charge in [0, 0.05) is 41.9 Å². The predicted octanol–water partition coefficient (Wildman–Crippen LogP) is 3.67. The van der Waals surface area contributed by atoms with Gasteiger partial charge in [-0.15, -0.1) is 0 Å². The average molecular weight is 434 g/mol. The first-order chi connectivity index (χ1) is 15.3. The van der Waals surface area contributed by atoms with E-state index in [1.807, 2.05) is 6.07 Å². The number of anilines is 2. The van der Waals surface area contributed by atoms with Crippen molar-refractivity contribution in [1.29, 1.82) is 0 Å². The summed E-state index contributed by atoms with van der Waals surface area (Å²) >= 11 is 0. The van der Waals surface area contributed by atoms with E-state index >= 15 is 0 Å². The average Bonchev–Trinajstić information content (AvgIpc) is 2.79. The second-order valence-corrected chi connectivity index (χ2v) is 6.58. The number of amides is 1. The van der Waals surface area contributed by atoms with Crippen molar-refractivity contribution in [3.8, 4) is 11.8 Å². The van der Waals surface area contributed by atoms with E-state index in [1.165, 1.54) is 18.6 Å². The number of aromatic nitrogens is 4. The van der Waals surface area contributed by atoms with Crippen molar-refractivity contribution in [1.82, 2.24) is 19.9 Å². The molecule has 0 aromatic carbocycles. The van der Waals surface area contributed by atoms with Crippen molar-refractivity contribution in [2.75, 3.05) is 11.1 Å². The summed E-state index contributed by atoms with van der Waals surface area (Å²) in [5.74, 6) is 5.43. The number of nitrogens with zero attached hydrogens (tertiary/aromatic N) is 4. The van der Waals surface area contributed by atoms with Gasteiger partial charge in [0.15, 0.2) is 0 Å². The molecule has 4 heterocycles. The Morgan fingerprint density at radius 3 is 2.62 bits per heavy atom. The fourth-order valence-corrected chi connectivity index (χ4v) is 2.83. The SMILES string of the molecule is Nc1ncc(C#Cc2cncc(NC(=O)c3cncc(C(F)(F)F)c3)c2)c2cccnc12. The van der Waals surface area contributed by atoms with Crippen LogP contribution in [0.4, 0.5) is 24.7 Å². The Bertz CT molecular complexity index is 1390. The van der Waals surface area contributed by atoms with E-state index in [-0.39, 0.29) is 11.3 Å². The first-order valence-corrected chi connectivity index (χ1v) is 9.11. The zero-order valence-electron chi connectivity index (χ0n) is 16.2. The summed E-state index contributed by atoms with van der Waals surface area (Å²) in [7, 11) is 0. The Labute approximate surface area is 179 Å². The number of alkyl halides is 3. The molecule has 7 nitrogen and oxygen atoms in total. The van der Waals surface area contributed by atoms with Gasteiger partial charge in [-0.2, -0.15) is 13.2 Å². The fraction of sp³-hybridized carbons (Fsp3) is 0.0455. The summed E-state index contributed by atoms with van der Waals surface area (Å²) < 4.78 is 38.5. The van der Waals surface area contributed by atoms with Crippen molar-refractivity contribution in [3.63, 3.8) is 0 Å². The summed E-state index contributed by atoms with van der Waals surface area (Å²) in [5, 5.41) is 3.24. The molecule has 0 saturated carbocycles. The van der Waals surface area contributed by atoms with E-state index in [9.17, 15) is 18.0 Å². The third-order valence-corrected chi connectivity index (χ3v) is 4.34.